The molecule has 0 aliphatic heterocycles. The normalized spacial score (nSPS) is 10.8. The van der Waals surface area contributed by atoms with Crippen LogP contribution in [0.4, 0.5) is 5.69 Å². The smallest absolute Gasteiger partial charge is 0.423 e. The average molecular weight is 207 g/mol. The lowest BCUT2D eigenvalue weighted by Gasteiger charge is -1.96. The number of hydrogen-bond donors (Lipinski definition) is 3. The molecule has 0 atom stereocenters. The van der Waals surface area contributed by atoms with Gasteiger partial charge in [0, 0.05) is 15.2 Å². The van der Waals surface area contributed by atoms with E-state index >= 15 is 0 Å². The van der Waals surface area contributed by atoms with Crippen molar-refractivity contribution in [2.45, 2.75) is 6.92 Å². The maximum absolute atomic E-state index is 9.11. The van der Waals surface area contributed by atoms with Crippen molar-refractivity contribution in [3.05, 3.63) is 23.8 Å². The van der Waals surface area contributed by atoms with E-state index in [4.69, 9.17) is 15.8 Å². The molecule has 0 spiro atoms. The molecule has 0 saturated carbocycles. The van der Waals surface area contributed by atoms with Gasteiger partial charge >= 0.3 is 7.12 Å². The summed E-state index contributed by atoms with van der Waals surface area (Å²) in [5.74, 6) is 0. The zero-order chi connectivity index (χ0) is 10.3. The number of hydrogen-bond acceptors (Lipinski definition) is 4. The van der Waals surface area contributed by atoms with Gasteiger partial charge in [-0.05, 0) is 36.1 Å². The molecule has 1 aromatic heterocycles. The Bertz CT molecular complexity index is 481. The molecule has 3 nitrogen and oxygen atoms in total. The lowest BCUT2D eigenvalue weighted by Crippen LogP contribution is -2.28. The van der Waals surface area contributed by atoms with Crippen LogP contribution >= 0.6 is 11.3 Å². The Hall–Kier alpha value is -1.04. The number of aryl methyl sites for hydroxylation is 1. The van der Waals surface area contributed by atoms with Crippen molar-refractivity contribution in [2.24, 2.45) is 0 Å². The van der Waals surface area contributed by atoms with Gasteiger partial charge in [0.15, 0.2) is 0 Å². The van der Waals surface area contributed by atoms with Crippen molar-refractivity contribution >= 4 is 39.0 Å². The molecular weight excluding hydrogens is 197 g/mol. The molecule has 5 heteroatoms. The van der Waals surface area contributed by atoms with Gasteiger partial charge < -0.3 is 15.8 Å². The third-order valence-corrected chi connectivity index (χ3v) is 3.54. The van der Waals surface area contributed by atoms with E-state index in [-0.39, 0.29) is 0 Å². The molecule has 0 radical (unpaired) electrons. The first kappa shape index (κ1) is 9.52. The number of nitrogen functional groups attached to an aromatic ring is 1. The summed E-state index contributed by atoms with van der Waals surface area (Å²) in [5, 5.41) is 19.2. The molecule has 0 fully saturated rings. The van der Waals surface area contributed by atoms with Crippen LogP contribution in [0.15, 0.2) is 18.2 Å². The van der Waals surface area contributed by atoms with E-state index in [9.17, 15) is 0 Å². The van der Waals surface area contributed by atoms with E-state index in [1.807, 2.05) is 25.1 Å². The van der Waals surface area contributed by atoms with Gasteiger partial charge in [-0.3, -0.25) is 0 Å². The van der Waals surface area contributed by atoms with Crippen molar-refractivity contribution in [1.29, 1.82) is 0 Å². The first-order chi connectivity index (χ1) is 6.59. The van der Waals surface area contributed by atoms with Crippen LogP contribution in [0.5, 0.6) is 0 Å². The molecule has 72 valence electrons. The zero-order valence-electron chi connectivity index (χ0n) is 7.69. The molecule has 2 aromatic rings. The van der Waals surface area contributed by atoms with Crippen molar-refractivity contribution in [2.75, 3.05) is 5.73 Å². The highest BCUT2D eigenvalue weighted by Gasteiger charge is 2.18. The predicted molar refractivity (Wildman–Crippen MR) is 60.8 cm³/mol. The predicted octanol–water partition coefficient (Wildman–Crippen LogP) is 0.472. The quantitative estimate of drug-likeness (QED) is 0.470. The van der Waals surface area contributed by atoms with E-state index in [1.54, 1.807) is 0 Å². The third-order valence-electron chi connectivity index (χ3n) is 2.23. The van der Waals surface area contributed by atoms with Crippen LogP contribution in [0.2, 0.25) is 0 Å². The summed E-state index contributed by atoms with van der Waals surface area (Å²) in [6, 6.07) is 5.56. The zero-order valence-corrected chi connectivity index (χ0v) is 8.51. The summed E-state index contributed by atoms with van der Waals surface area (Å²) < 4.78 is 1.62. The van der Waals surface area contributed by atoms with Crippen molar-refractivity contribution in [3.63, 3.8) is 0 Å². The summed E-state index contributed by atoms with van der Waals surface area (Å²) in [6.45, 7) is 1.87. The fourth-order valence-corrected chi connectivity index (χ4v) is 2.57. The molecule has 1 aromatic carbocycles. The van der Waals surface area contributed by atoms with Gasteiger partial charge in [-0.1, -0.05) is 0 Å². The number of rotatable bonds is 1. The van der Waals surface area contributed by atoms with Gasteiger partial charge in [0.25, 0.3) is 0 Å². The summed E-state index contributed by atoms with van der Waals surface area (Å²) in [4.78, 5) is 0. The van der Waals surface area contributed by atoms with E-state index < -0.39 is 7.12 Å². The molecule has 0 aliphatic carbocycles. The Morgan fingerprint density at radius 3 is 2.71 bits per heavy atom. The molecule has 0 unspecified atom stereocenters. The Kier molecular flexibility index (Phi) is 2.22. The topological polar surface area (TPSA) is 66.5 Å². The second-order valence-electron chi connectivity index (χ2n) is 3.22. The molecule has 14 heavy (non-hydrogen) atoms. The van der Waals surface area contributed by atoms with Gasteiger partial charge in [0.1, 0.15) is 0 Å². The van der Waals surface area contributed by atoms with Crippen molar-refractivity contribution in [1.82, 2.24) is 0 Å². The second kappa shape index (κ2) is 3.27. The van der Waals surface area contributed by atoms with Gasteiger partial charge in [-0.25, -0.2) is 0 Å². The first-order valence-corrected chi connectivity index (χ1v) is 5.06. The molecular formula is C9H10BNO2S. The lowest BCUT2D eigenvalue weighted by molar-refractivity contribution is 0.426. The van der Waals surface area contributed by atoms with Crippen LogP contribution in [0, 0.1) is 6.92 Å². The summed E-state index contributed by atoms with van der Waals surface area (Å²) in [6.07, 6.45) is 0. The highest BCUT2D eigenvalue weighted by Crippen LogP contribution is 2.25. The van der Waals surface area contributed by atoms with Gasteiger partial charge in [0.05, 0.1) is 0 Å². The van der Waals surface area contributed by atoms with E-state index in [1.165, 1.54) is 11.3 Å². The maximum Gasteiger partial charge on any atom is 0.499 e. The SMILES string of the molecule is Cc1c(B(O)O)sc2ccc(N)cc12. The number of anilines is 1. The van der Waals surface area contributed by atoms with Crippen LogP contribution in [-0.4, -0.2) is 17.2 Å². The Morgan fingerprint density at radius 2 is 2.07 bits per heavy atom. The highest BCUT2D eigenvalue weighted by molar-refractivity contribution is 7.28. The monoisotopic (exact) mass is 207 g/mol. The number of fused-ring (bicyclic) bond motifs is 1. The molecule has 0 aliphatic rings. The summed E-state index contributed by atoms with van der Waals surface area (Å²) >= 11 is 1.39. The summed E-state index contributed by atoms with van der Waals surface area (Å²) in [5.41, 5.74) is 7.25. The average Bonchev–Trinajstić information content (AvgIpc) is 2.44. The fraction of sp³-hybridized carbons (Fsp3) is 0.111. The molecule has 2 rings (SSSR count). The minimum atomic E-state index is -1.39. The molecule has 0 amide bonds. The van der Waals surface area contributed by atoms with Crippen molar-refractivity contribution in [3.8, 4) is 0 Å². The fourth-order valence-electron chi connectivity index (χ4n) is 1.50. The standard InChI is InChI=1S/C9H10BNO2S/c1-5-7-4-6(11)2-3-8(7)14-9(5)10(12)13/h2-4,12-13H,11H2,1H3. The van der Waals surface area contributed by atoms with Crippen molar-refractivity contribution < 1.29 is 10.0 Å². The molecule has 1 heterocycles. The van der Waals surface area contributed by atoms with E-state index in [0.717, 1.165) is 15.6 Å². The van der Waals surface area contributed by atoms with Crippen LogP contribution in [0.25, 0.3) is 10.1 Å². The Labute approximate surface area is 85.9 Å². The Morgan fingerprint density at radius 1 is 1.36 bits per heavy atom. The minimum absolute atomic E-state index is 0.589. The minimum Gasteiger partial charge on any atom is -0.423 e. The van der Waals surface area contributed by atoms with Gasteiger partial charge in [0.2, 0.25) is 0 Å². The van der Waals surface area contributed by atoms with Crippen LogP contribution in [-0.2, 0) is 0 Å². The van der Waals surface area contributed by atoms with E-state index in [2.05, 4.69) is 0 Å². The first-order valence-electron chi connectivity index (χ1n) is 4.24. The second-order valence-corrected chi connectivity index (χ2v) is 4.30. The number of benzene rings is 1. The Balaban J connectivity index is 2.74. The van der Waals surface area contributed by atoms with Crippen LogP contribution in [0.3, 0.4) is 0 Å². The van der Waals surface area contributed by atoms with Gasteiger partial charge in [-0.2, -0.15) is 0 Å². The number of thiophene rings is 1. The number of nitrogens with two attached hydrogens (primary N) is 1. The van der Waals surface area contributed by atoms with E-state index in [0.29, 0.717) is 10.5 Å². The highest BCUT2D eigenvalue weighted by atomic mass is 32.1. The van der Waals surface area contributed by atoms with Crippen LogP contribution < -0.4 is 10.5 Å². The lowest BCUT2D eigenvalue weighted by atomic mass is 9.86. The molecule has 0 bridgehead atoms. The maximum atomic E-state index is 9.11. The largest absolute Gasteiger partial charge is 0.499 e. The summed E-state index contributed by atoms with van der Waals surface area (Å²) in [7, 11) is -1.39. The molecule has 4 N–H and O–H groups in total. The third kappa shape index (κ3) is 1.39. The molecule has 0 saturated heterocycles. The van der Waals surface area contributed by atoms with Crippen LogP contribution in [0.1, 0.15) is 5.56 Å². The van der Waals surface area contributed by atoms with Gasteiger partial charge in [-0.15, -0.1) is 11.3 Å².